The molecule has 6 nitrogen and oxygen atoms in total. The molecule has 0 heterocycles. The molecule has 0 fully saturated rings. The molecule has 0 aliphatic carbocycles. The Morgan fingerprint density at radius 2 is 1.78 bits per heavy atom. The van der Waals surface area contributed by atoms with Gasteiger partial charge in [0.1, 0.15) is 19.0 Å². The normalized spacial score (nSPS) is 10.6. The van der Waals surface area contributed by atoms with E-state index in [1.807, 2.05) is 48.5 Å². The zero-order valence-electron chi connectivity index (χ0n) is 17.6. The van der Waals surface area contributed by atoms with Gasteiger partial charge in [0.05, 0.1) is 13.3 Å². The van der Waals surface area contributed by atoms with Crippen molar-refractivity contribution in [2.75, 3.05) is 13.7 Å². The highest BCUT2D eigenvalue weighted by Gasteiger charge is 2.10. The maximum atomic E-state index is 12.4. The molecular weight excluding hydrogens is 428 g/mol. The summed E-state index contributed by atoms with van der Waals surface area (Å²) in [6, 6.07) is 19.8. The summed E-state index contributed by atoms with van der Waals surface area (Å²) in [5.41, 5.74) is 4.74. The largest absolute Gasteiger partial charge is 0.493 e. The number of carbonyl (C=O) groups is 1. The lowest BCUT2D eigenvalue weighted by atomic mass is 10.2. The average Bonchev–Trinajstić information content (AvgIpc) is 2.83. The molecule has 164 valence electrons. The predicted molar refractivity (Wildman–Crippen MR) is 126 cm³/mol. The number of benzene rings is 3. The third-order valence-electron chi connectivity index (χ3n) is 4.36. The molecule has 0 saturated heterocycles. The molecule has 0 aliphatic heterocycles. The van der Waals surface area contributed by atoms with Crippen LogP contribution in [-0.2, 0) is 6.61 Å². The van der Waals surface area contributed by atoms with Crippen LogP contribution in [0.1, 0.15) is 21.5 Å². The van der Waals surface area contributed by atoms with Crippen molar-refractivity contribution in [3.63, 3.8) is 0 Å². The van der Waals surface area contributed by atoms with E-state index in [1.54, 1.807) is 30.5 Å². The number of methoxy groups -OCH3 is 1. The zero-order chi connectivity index (χ0) is 22.8. The second-order valence-electron chi connectivity index (χ2n) is 6.65. The molecule has 3 rings (SSSR count). The van der Waals surface area contributed by atoms with Gasteiger partial charge in [-0.3, -0.25) is 4.79 Å². The molecule has 0 saturated carbocycles. The number of nitrogens with one attached hydrogen (secondary N) is 1. The molecule has 32 heavy (non-hydrogen) atoms. The molecule has 0 spiro atoms. The van der Waals surface area contributed by atoms with Crippen LogP contribution in [0.2, 0.25) is 5.02 Å². The minimum Gasteiger partial charge on any atom is -0.493 e. The minimum absolute atomic E-state index is 0.344. The summed E-state index contributed by atoms with van der Waals surface area (Å²) in [5.74, 6) is 1.35. The van der Waals surface area contributed by atoms with E-state index in [0.717, 1.165) is 16.9 Å². The van der Waals surface area contributed by atoms with Crippen LogP contribution < -0.4 is 19.6 Å². The third-order valence-corrected chi connectivity index (χ3v) is 4.61. The fraction of sp³-hybridized carbons (Fsp3) is 0.120. The second kappa shape index (κ2) is 11.6. The van der Waals surface area contributed by atoms with Crippen LogP contribution in [0.3, 0.4) is 0 Å². The van der Waals surface area contributed by atoms with Crippen molar-refractivity contribution in [1.82, 2.24) is 5.43 Å². The maximum absolute atomic E-state index is 12.4. The second-order valence-corrected chi connectivity index (χ2v) is 7.09. The number of ether oxygens (including phenoxy) is 3. The number of halogens is 1. The molecule has 1 N–H and O–H groups in total. The third kappa shape index (κ3) is 6.62. The van der Waals surface area contributed by atoms with Crippen LogP contribution in [0.5, 0.6) is 17.2 Å². The van der Waals surface area contributed by atoms with Gasteiger partial charge in [-0.25, -0.2) is 5.43 Å². The highest BCUT2D eigenvalue weighted by Crippen LogP contribution is 2.28. The van der Waals surface area contributed by atoms with Gasteiger partial charge in [-0.2, -0.15) is 5.10 Å². The number of hydrazone groups is 1. The number of carbonyl (C=O) groups excluding carboxylic acids is 1. The van der Waals surface area contributed by atoms with Crippen LogP contribution in [0, 0.1) is 0 Å². The van der Waals surface area contributed by atoms with Crippen molar-refractivity contribution < 1.29 is 19.0 Å². The van der Waals surface area contributed by atoms with E-state index in [4.69, 9.17) is 25.8 Å². The van der Waals surface area contributed by atoms with E-state index < -0.39 is 0 Å². The van der Waals surface area contributed by atoms with Crippen LogP contribution in [-0.4, -0.2) is 25.8 Å². The van der Waals surface area contributed by atoms with Gasteiger partial charge >= 0.3 is 0 Å². The van der Waals surface area contributed by atoms with E-state index in [9.17, 15) is 4.79 Å². The Labute approximate surface area is 192 Å². The summed E-state index contributed by atoms with van der Waals surface area (Å²) in [6.07, 6.45) is 3.19. The van der Waals surface area contributed by atoms with E-state index in [1.165, 1.54) is 7.11 Å². The molecule has 0 aromatic heterocycles. The van der Waals surface area contributed by atoms with Crippen molar-refractivity contribution >= 4 is 23.7 Å². The van der Waals surface area contributed by atoms with Crippen molar-refractivity contribution in [3.8, 4) is 17.2 Å². The molecule has 7 heteroatoms. The molecule has 0 unspecified atom stereocenters. The van der Waals surface area contributed by atoms with E-state index >= 15 is 0 Å². The van der Waals surface area contributed by atoms with Gasteiger partial charge in [0.2, 0.25) is 0 Å². The Morgan fingerprint density at radius 1 is 1.03 bits per heavy atom. The first kappa shape index (κ1) is 22.9. The fourth-order valence-corrected chi connectivity index (χ4v) is 2.83. The first-order valence-electron chi connectivity index (χ1n) is 9.81. The maximum Gasteiger partial charge on any atom is 0.271 e. The van der Waals surface area contributed by atoms with E-state index in [-0.39, 0.29) is 5.91 Å². The molecule has 0 radical (unpaired) electrons. The van der Waals surface area contributed by atoms with E-state index in [2.05, 4.69) is 17.1 Å². The van der Waals surface area contributed by atoms with Gasteiger partial charge in [0.25, 0.3) is 5.91 Å². The molecule has 0 atom stereocenters. The Hall–Kier alpha value is -3.77. The first-order valence-corrected chi connectivity index (χ1v) is 10.2. The first-order chi connectivity index (χ1) is 15.6. The van der Waals surface area contributed by atoms with Gasteiger partial charge in [0.15, 0.2) is 11.5 Å². The summed E-state index contributed by atoms with van der Waals surface area (Å²) in [5, 5.41) is 4.71. The summed E-state index contributed by atoms with van der Waals surface area (Å²) in [6.45, 7) is 4.40. The van der Waals surface area contributed by atoms with Crippen molar-refractivity contribution in [3.05, 3.63) is 101 Å². The quantitative estimate of drug-likeness (QED) is 0.260. The molecule has 0 aliphatic rings. The topological polar surface area (TPSA) is 69.2 Å². The summed E-state index contributed by atoms with van der Waals surface area (Å²) in [4.78, 5) is 12.4. The average molecular weight is 451 g/mol. The fourth-order valence-electron chi connectivity index (χ4n) is 2.70. The predicted octanol–water partition coefficient (Wildman–Crippen LogP) is 5.26. The Morgan fingerprint density at radius 3 is 2.47 bits per heavy atom. The molecule has 0 bridgehead atoms. The molecule has 3 aromatic rings. The van der Waals surface area contributed by atoms with Crippen LogP contribution in [0.25, 0.3) is 0 Å². The lowest BCUT2D eigenvalue weighted by Gasteiger charge is -2.10. The smallest absolute Gasteiger partial charge is 0.271 e. The molecule has 1 amide bonds. The van der Waals surface area contributed by atoms with Crippen molar-refractivity contribution in [2.45, 2.75) is 6.61 Å². The minimum atomic E-state index is -0.363. The van der Waals surface area contributed by atoms with Gasteiger partial charge < -0.3 is 14.2 Å². The lowest BCUT2D eigenvalue weighted by molar-refractivity contribution is 0.0954. The van der Waals surface area contributed by atoms with Crippen molar-refractivity contribution in [1.29, 1.82) is 0 Å². The summed E-state index contributed by atoms with van der Waals surface area (Å²) < 4.78 is 16.5. The van der Waals surface area contributed by atoms with Gasteiger partial charge in [0, 0.05) is 10.6 Å². The van der Waals surface area contributed by atoms with Gasteiger partial charge in [-0.1, -0.05) is 36.4 Å². The Bertz CT molecular complexity index is 1080. The number of hydrogen-bond donors (Lipinski definition) is 1. The molecule has 3 aromatic carbocycles. The number of hydrogen-bond acceptors (Lipinski definition) is 5. The van der Waals surface area contributed by atoms with Gasteiger partial charge in [-0.05, 0) is 65.7 Å². The van der Waals surface area contributed by atoms with Crippen LogP contribution >= 0.6 is 11.6 Å². The standard InChI is InChI=1S/C25H23ClN2O4/c1-3-14-31-23-13-8-20(15-24(23)30-2)25(29)28-27-16-18-6-11-22(12-7-18)32-17-19-4-9-21(26)10-5-19/h3-13,15-16H,1,14,17H2,2H3,(H,28,29)/b27-16+. The lowest BCUT2D eigenvalue weighted by Crippen LogP contribution is -2.17. The zero-order valence-corrected chi connectivity index (χ0v) is 18.3. The number of amides is 1. The van der Waals surface area contributed by atoms with Gasteiger partial charge in [-0.15, -0.1) is 0 Å². The Kier molecular flexibility index (Phi) is 8.29. The SMILES string of the molecule is C=CCOc1ccc(C(=O)N/N=C/c2ccc(OCc3ccc(Cl)cc3)cc2)cc1OC. The number of nitrogens with zero attached hydrogens (tertiary/aromatic N) is 1. The monoisotopic (exact) mass is 450 g/mol. The van der Waals surface area contributed by atoms with E-state index in [0.29, 0.717) is 35.3 Å². The van der Waals surface area contributed by atoms with Crippen LogP contribution in [0.15, 0.2) is 84.5 Å². The Balaban J connectivity index is 1.53. The summed E-state index contributed by atoms with van der Waals surface area (Å²) >= 11 is 5.89. The highest BCUT2D eigenvalue weighted by molar-refractivity contribution is 6.30. The molecular formula is C25H23ClN2O4. The highest BCUT2D eigenvalue weighted by atomic mass is 35.5. The van der Waals surface area contributed by atoms with Crippen LogP contribution in [0.4, 0.5) is 0 Å². The summed E-state index contributed by atoms with van der Waals surface area (Å²) in [7, 11) is 1.51. The number of rotatable bonds is 10. The van der Waals surface area contributed by atoms with Crippen molar-refractivity contribution in [2.24, 2.45) is 5.10 Å².